The summed E-state index contributed by atoms with van der Waals surface area (Å²) < 4.78 is 36.1. The second kappa shape index (κ2) is 4.64. The monoisotopic (exact) mass is 194 g/mol. The van der Waals surface area contributed by atoms with Crippen molar-refractivity contribution < 1.29 is 18.4 Å². The Morgan fingerprint density at radius 1 is 1.38 bits per heavy atom. The molecule has 0 aliphatic rings. The largest absolute Gasteiger partial charge is 0.433 e. The van der Waals surface area contributed by atoms with Gasteiger partial charge in [0.1, 0.15) is 5.70 Å². The van der Waals surface area contributed by atoms with Crippen LogP contribution in [0.25, 0.3) is 0 Å². The number of oxime groups is 1. The summed E-state index contributed by atoms with van der Waals surface area (Å²) in [5.41, 5.74) is -1.03. The Labute approximate surface area is 73.3 Å². The molecule has 0 aliphatic carbocycles. The second-order valence-electron chi connectivity index (χ2n) is 2.17. The Hall–Kier alpha value is -1.33. The topological polar surface area (TPSA) is 45.0 Å². The molecule has 0 rings (SSSR count). The molecular weight excluding hydrogens is 185 g/mol. The van der Waals surface area contributed by atoms with E-state index in [1.165, 1.54) is 13.8 Å². The number of hydrogen-bond acceptors (Lipinski definition) is 3. The minimum Gasteiger partial charge on any atom is -0.411 e. The SMILES string of the molecule is C\C=C(/N=C(C)/C=N/O)C(F)(F)F. The summed E-state index contributed by atoms with van der Waals surface area (Å²) in [5, 5.41) is 10.6. The van der Waals surface area contributed by atoms with Crippen LogP contribution in [0.5, 0.6) is 0 Å². The van der Waals surface area contributed by atoms with Crippen molar-refractivity contribution in [3.63, 3.8) is 0 Å². The van der Waals surface area contributed by atoms with Gasteiger partial charge in [0.15, 0.2) is 0 Å². The van der Waals surface area contributed by atoms with E-state index in [-0.39, 0.29) is 5.71 Å². The van der Waals surface area contributed by atoms with E-state index in [4.69, 9.17) is 5.21 Å². The lowest BCUT2D eigenvalue weighted by Gasteiger charge is -2.05. The average molecular weight is 194 g/mol. The third kappa shape index (κ3) is 4.29. The van der Waals surface area contributed by atoms with E-state index in [2.05, 4.69) is 10.1 Å². The molecule has 13 heavy (non-hydrogen) atoms. The van der Waals surface area contributed by atoms with Gasteiger partial charge in [-0.05, 0) is 13.8 Å². The fourth-order valence-corrected chi connectivity index (χ4v) is 0.594. The number of allylic oxidation sites excluding steroid dienone is 2. The third-order valence-corrected chi connectivity index (χ3v) is 1.11. The molecule has 74 valence electrons. The molecule has 0 heterocycles. The number of halogens is 3. The van der Waals surface area contributed by atoms with Gasteiger partial charge in [-0.2, -0.15) is 13.2 Å². The van der Waals surface area contributed by atoms with Gasteiger partial charge in [0.2, 0.25) is 0 Å². The van der Waals surface area contributed by atoms with Crippen LogP contribution in [0.3, 0.4) is 0 Å². The zero-order chi connectivity index (χ0) is 10.5. The van der Waals surface area contributed by atoms with E-state index in [0.29, 0.717) is 0 Å². The standard InChI is InChI=1S/C7H9F3N2O/c1-3-6(7(8,9)10)12-5(2)4-11-13/h3-4,13H,1-2H3/b6-3-,11-4+,12-5+. The molecule has 0 spiro atoms. The maximum atomic E-state index is 12.0. The quantitative estimate of drug-likeness (QED) is 0.409. The molecule has 6 heteroatoms. The molecule has 0 radical (unpaired) electrons. The molecule has 0 amide bonds. The van der Waals surface area contributed by atoms with Gasteiger partial charge in [-0.15, -0.1) is 0 Å². The lowest BCUT2D eigenvalue weighted by atomic mass is 10.4. The van der Waals surface area contributed by atoms with E-state index < -0.39 is 11.9 Å². The van der Waals surface area contributed by atoms with E-state index in [0.717, 1.165) is 12.3 Å². The van der Waals surface area contributed by atoms with E-state index in [9.17, 15) is 13.2 Å². The number of aliphatic imine (C=N–C) groups is 1. The summed E-state index contributed by atoms with van der Waals surface area (Å²) in [7, 11) is 0. The van der Waals surface area contributed by atoms with Crippen molar-refractivity contribution in [2.75, 3.05) is 0 Å². The van der Waals surface area contributed by atoms with Crippen molar-refractivity contribution >= 4 is 11.9 Å². The summed E-state index contributed by atoms with van der Waals surface area (Å²) >= 11 is 0. The molecule has 0 aromatic heterocycles. The average Bonchev–Trinajstić information content (AvgIpc) is 1.98. The summed E-state index contributed by atoms with van der Waals surface area (Å²) in [6.07, 6.45) is -2.80. The van der Waals surface area contributed by atoms with Crippen LogP contribution in [0, 0.1) is 0 Å². The third-order valence-electron chi connectivity index (χ3n) is 1.11. The van der Waals surface area contributed by atoms with Crippen molar-refractivity contribution in [2.45, 2.75) is 20.0 Å². The van der Waals surface area contributed by atoms with Gasteiger partial charge in [-0.1, -0.05) is 11.2 Å². The highest BCUT2D eigenvalue weighted by molar-refractivity contribution is 6.29. The molecule has 0 saturated carbocycles. The first-order chi connectivity index (χ1) is 5.91. The predicted octanol–water partition coefficient (Wildman–Crippen LogP) is 2.37. The van der Waals surface area contributed by atoms with Crippen LogP contribution in [-0.4, -0.2) is 23.3 Å². The predicted molar refractivity (Wildman–Crippen MR) is 43.2 cm³/mol. The van der Waals surface area contributed by atoms with Crippen LogP contribution >= 0.6 is 0 Å². The Kier molecular flexibility index (Phi) is 4.16. The molecule has 3 nitrogen and oxygen atoms in total. The normalized spacial score (nSPS) is 15.5. The van der Waals surface area contributed by atoms with Gasteiger partial charge in [-0.25, -0.2) is 4.99 Å². The molecule has 0 aromatic rings. The van der Waals surface area contributed by atoms with Crippen molar-refractivity contribution in [2.24, 2.45) is 10.1 Å². The molecule has 0 unspecified atom stereocenters. The van der Waals surface area contributed by atoms with Gasteiger partial charge >= 0.3 is 6.18 Å². The van der Waals surface area contributed by atoms with E-state index in [1.54, 1.807) is 0 Å². The summed E-state index contributed by atoms with van der Waals surface area (Å²) in [4.78, 5) is 3.20. The minimum atomic E-state index is -4.47. The van der Waals surface area contributed by atoms with Crippen LogP contribution in [0.15, 0.2) is 21.9 Å². The lowest BCUT2D eigenvalue weighted by molar-refractivity contribution is -0.0924. The lowest BCUT2D eigenvalue weighted by Crippen LogP contribution is -2.11. The maximum absolute atomic E-state index is 12.0. The highest BCUT2D eigenvalue weighted by Crippen LogP contribution is 2.26. The van der Waals surface area contributed by atoms with Crippen molar-refractivity contribution in [3.8, 4) is 0 Å². The summed E-state index contributed by atoms with van der Waals surface area (Å²) in [5.74, 6) is 0. The van der Waals surface area contributed by atoms with Crippen LogP contribution in [0.2, 0.25) is 0 Å². The number of rotatable bonds is 2. The fourth-order valence-electron chi connectivity index (χ4n) is 0.594. The van der Waals surface area contributed by atoms with Crippen LogP contribution < -0.4 is 0 Å². The summed E-state index contributed by atoms with van der Waals surface area (Å²) in [6, 6.07) is 0. The molecule has 1 N–H and O–H groups in total. The van der Waals surface area contributed by atoms with Gasteiger partial charge in [0.25, 0.3) is 0 Å². The molecule has 0 fully saturated rings. The number of nitrogens with zero attached hydrogens (tertiary/aromatic N) is 2. The highest BCUT2D eigenvalue weighted by Gasteiger charge is 2.32. The van der Waals surface area contributed by atoms with E-state index >= 15 is 0 Å². The molecule has 0 bridgehead atoms. The Bertz CT molecular complexity index is 253. The first-order valence-electron chi connectivity index (χ1n) is 3.38. The number of alkyl halides is 3. The van der Waals surface area contributed by atoms with Crippen molar-refractivity contribution in [1.82, 2.24) is 0 Å². The smallest absolute Gasteiger partial charge is 0.411 e. The zero-order valence-electron chi connectivity index (χ0n) is 7.13. The highest BCUT2D eigenvalue weighted by atomic mass is 19.4. The van der Waals surface area contributed by atoms with Crippen LogP contribution in [0.1, 0.15) is 13.8 Å². The van der Waals surface area contributed by atoms with E-state index in [1.807, 2.05) is 0 Å². The van der Waals surface area contributed by atoms with Gasteiger partial charge in [0.05, 0.1) is 11.9 Å². The molecule has 0 saturated heterocycles. The Morgan fingerprint density at radius 3 is 2.23 bits per heavy atom. The first-order valence-corrected chi connectivity index (χ1v) is 3.38. The summed E-state index contributed by atoms with van der Waals surface area (Å²) in [6.45, 7) is 2.53. The van der Waals surface area contributed by atoms with Gasteiger partial charge in [-0.3, -0.25) is 0 Å². The van der Waals surface area contributed by atoms with Gasteiger partial charge in [0, 0.05) is 0 Å². The minimum absolute atomic E-state index is 0.0204. The molecule has 0 aliphatic heterocycles. The zero-order valence-corrected chi connectivity index (χ0v) is 7.13. The second-order valence-corrected chi connectivity index (χ2v) is 2.17. The molecular formula is C7H9F3N2O. The first kappa shape index (κ1) is 11.7. The Morgan fingerprint density at radius 2 is 1.92 bits per heavy atom. The van der Waals surface area contributed by atoms with Crippen molar-refractivity contribution in [1.29, 1.82) is 0 Å². The maximum Gasteiger partial charge on any atom is 0.433 e. The molecule has 0 aromatic carbocycles. The Balaban J connectivity index is 4.76. The number of hydrogen-bond donors (Lipinski definition) is 1. The van der Waals surface area contributed by atoms with Crippen LogP contribution in [0.4, 0.5) is 13.2 Å². The van der Waals surface area contributed by atoms with Gasteiger partial charge < -0.3 is 5.21 Å². The van der Waals surface area contributed by atoms with Crippen molar-refractivity contribution in [3.05, 3.63) is 11.8 Å². The fraction of sp³-hybridized carbons (Fsp3) is 0.429. The van der Waals surface area contributed by atoms with Crippen LogP contribution in [-0.2, 0) is 0 Å². The molecule has 0 atom stereocenters.